The Morgan fingerprint density at radius 2 is 2.03 bits per heavy atom. The van der Waals surface area contributed by atoms with Crippen molar-refractivity contribution in [2.24, 2.45) is 0 Å². The van der Waals surface area contributed by atoms with Crippen LogP contribution in [0.1, 0.15) is 37.4 Å². The van der Waals surface area contributed by atoms with Gasteiger partial charge in [0.15, 0.2) is 0 Å². The minimum absolute atomic E-state index is 0.273. The van der Waals surface area contributed by atoms with Crippen LogP contribution in [-0.4, -0.2) is 41.1 Å². The number of carbonyl (C=O) groups excluding carboxylic acids is 3. The summed E-state index contributed by atoms with van der Waals surface area (Å²) in [5, 5.41) is 3.12. The highest BCUT2D eigenvalue weighted by atomic mass is 32.2. The van der Waals surface area contributed by atoms with E-state index in [1.54, 1.807) is 43.5 Å². The summed E-state index contributed by atoms with van der Waals surface area (Å²) < 4.78 is 5.55. The number of para-hydroxylation sites is 1. The molecule has 1 fully saturated rings. The van der Waals surface area contributed by atoms with Crippen LogP contribution in [0.5, 0.6) is 0 Å². The predicted octanol–water partition coefficient (Wildman–Crippen LogP) is 3.58. The van der Waals surface area contributed by atoms with E-state index in [1.807, 2.05) is 24.3 Å². The Morgan fingerprint density at radius 1 is 1.30 bits per heavy atom. The molecule has 4 amide bonds. The van der Waals surface area contributed by atoms with E-state index in [4.69, 9.17) is 4.42 Å². The van der Waals surface area contributed by atoms with Gasteiger partial charge in [0, 0.05) is 22.3 Å². The number of hydrogen-bond acceptors (Lipinski definition) is 5. The van der Waals surface area contributed by atoms with E-state index in [-0.39, 0.29) is 12.5 Å². The number of thioether (sulfide) groups is 1. The summed E-state index contributed by atoms with van der Waals surface area (Å²) in [6, 6.07) is 8.93. The van der Waals surface area contributed by atoms with Crippen molar-refractivity contribution in [1.29, 1.82) is 0 Å². The van der Waals surface area contributed by atoms with Crippen LogP contribution < -0.4 is 10.2 Å². The first kappa shape index (κ1) is 20.5. The van der Waals surface area contributed by atoms with Gasteiger partial charge in [-0.3, -0.25) is 14.5 Å². The van der Waals surface area contributed by atoms with Gasteiger partial charge in [-0.1, -0.05) is 19.1 Å². The number of fused-ring (bicyclic) bond motifs is 1. The highest BCUT2D eigenvalue weighted by molar-refractivity contribution is 8.00. The van der Waals surface area contributed by atoms with Crippen molar-refractivity contribution in [3.8, 4) is 0 Å². The number of rotatable bonds is 3. The summed E-state index contributed by atoms with van der Waals surface area (Å²) in [5.41, 5.74) is 0.187. The molecular formula is C22H25N3O4S. The molecule has 2 aliphatic rings. The van der Waals surface area contributed by atoms with Gasteiger partial charge in [0.25, 0.3) is 5.91 Å². The van der Waals surface area contributed by atoms with Crippen molar-refractivity contribution in [1.82, 2.24) is 10.2 Å². The normalized spacial score (nSPS) is 23.9. The fourth-order valence-corrected chi connectivity index (χ4v) is 5.23. The Morgan fingerprint density at radius 3 is 2.73 bits per heavy atom. The van der Waals surface area contributed by atoms with Crippen molar-refractivity contribution < 1.29 is 18.8 Å². The highest BCUT2D eigenvalue weighted by Crippen LogP contribution is 2.38. The van der Waals surface area contributed by atoms with Gasteiger partial charge in [-0.15, -0.1) is 11.8 Å². The van der Waals surface area contributed by atoms with Crippen molar-refractivity contribution in [2.45, 2.75) is 49.8 Å². The second-order valence-corrected chi connectivity index (χ2v) is 9.48. The molecule has 1 N–H and O–H groups in total. The lowest BCUT2D eigenvalue weighted by molar-refractivity contribution is -0.134. The Labute approximate surface area is 179 Å². The number of amides is 4. The third-order valence-electron chi connectivity index (χ3n) is 5.69. The summed E-state index contributed by atoms with van der Waals surface area (Å²) in [5.74, 6) is 0.512. The molecule has 2 atom stereocenters. The van der Waals surface area contributed by atoms with Gasteiger partial charge in [0.2, 0.25) is 5.91 Å². The fraction of sp³-hybridized carbons (Fsp3) is 0.409. The van der Waals surface area contributed by atoms with E-state index < -0.39 is 17.5 Å². The Kier molecular flexibility index (Phi) is 5.13. The maximum atomic E-state index is 13.2. The second-order valence-electron chi connectivity index (χ2n) is 8.00. The zero-order chi connectivity index (χ0) is 21.6. The van der Waals surface area contributed by atoms with Crippen LogP contribution in [0.25, 0.3) is 0 Å². The third kappa shape index (κ3) is 3.39. The molecule has 4 rings (SSSR count). The molecule has 0 spiro atoms. The fourth-order valence-electron chi connectivity index (χ4n) is 4.12. The van der Waals surface area contributed by atoms with Gasteiger partial charge in [0.1, 0.15) is 23.6 Å². The average molecular weight is 428 g/mol. The molecule has 3 heterocycles. The number of hydrogen-bond donors (Lipinski definition) is 1. The Bertz CT molecular complexity index is 1030. The number of nitrogens with zero attached hydrogens (tertiary/aromatic N) is 2. The number of nitrogens with one attached hydrogen (secondary N) is 1. The van der Waals surface area contributed by atoms with Crippen molar-refractivity contribution in [3.63, 3.8) is 0 Å². The zero-order valence-electron chi connectivity index (χ0n) is 17.5. The molecular weight excluding hydrogens is 402 g/mol. The van der Waals surface area contributed by atoms with E-state index >= 15 is 0 Å². The van der Waals surface area contributed by atoms with Crippen LogP contribution in [0.15, 0.2) is 39.6 Å². The number of anilines is 1. The first-order valence-corrected chi connectivity index (χ1v) is 10.9. The standard InChI is InChI=1S/C22H25N3O4S/c1-13-11-16(15(3)29-13)22(4)20(27)25(21(28)23-22)12-19(26)24-10-9-14(2)30-18-8-6-5-7-17(18)24/h5-8,11,14H,9-10,12H2,1-4H3,(H,23,28). The van der Waals surface area contributed by atoms with Gasteiger partial charge in [-0.05, 0) is 45.4 Å². The molecule has 0 bridgehead atoms. The van der Waals surface area contributed by atoms with Crippen LogP contribution in [0.2, 0.25) is 0 Å². The van der Waals surface area contributed by atoms with Crippen molar-refractivity contribution in [2.75, 3.05) is 18.0 Å². The Balaban J connectivity index is 1.59. The third-order valence-corrected chi connectivity index (χ3v) is 6.93. The molecule has 2 aromatic rings. The first-order valence-electron chi connectivity index (χ1n) is 9.98. The molecule has 30 heavy (non-hydrogen) atoms. The van der Waals surface area contributed by atoms with Gasteiger partial charge < -0.3 is 14.6 Å². The lowest BCUT2D eigenvalue weighted by Gasteiger charge is -2.25. The zero-order valence-corrected chi connectivity index (χ0v) is 18.3. The molecule has 1 saturated heterocycles. The lowest BCUT2D eigenvalue weighted by Crippen LogP contribution is -2.45. The maximum Gasteiger partial charge on any atom is 0.325 e. The molecule has 0 saturated carbocycles. The molecule has 8 heteroatoms. The van der Waals surface area contributed by atoms with Gasteiger partial charge in [-0.25, -0.2) is 4.79 Å². The van der Waals surface area contributed by atoms with Crippen LogP contribution in [0.3, 0.4) is 0 Å². The molecule has 158 valence electrons. The first-order chi connectivity index (χ1) is 14.2. The highest BCUT2D eigenvalue weighted by Gasteiger charge is 2.51. The largest absolute Gasteiger partial charge is 0.466 e. The summed E-state index contributed by atoms with van der Waals surface area (Å²) in [6.07, 6.45) is 0.830. The maximum absolute atomic E-state index is 13.2. The lowest BCUT2D eigenvalue weighted by atomic mass is 9.92. The van der Waals surface area contributed by atoms with Crippen molar-refractivity contribution in [3.05, 3.63) is 47.4 Å². The molecule has 7 nitrogen and oxygen atoms in total. The Hall–Kier alpha value is -2.74. The molecule has 2 unspecified atom stereocenters. The summed E-state index contributed by atoms with van der Waals surface area (Å²) in [7, 11) is 0. The van der Waals surface area contributed by atoms with Crippen molar-refractivity contribution >= 4 is 35.3 Å². The molecule has 1 aromatic heterocycles. The minimum atomic E-state index is -1.25. The second kappa shape index (κ2) is 7.50. The van der Waals surface area contributed by atoms with E-state index in [1.165, 1.54) is 0 Å². The summed E-state index contributed by atoms with van der Waals surface area (Å²) in [4.78, 5) is 42.8. The smallest absolute Gasteiger partial charge is 0.325 e. The van der Waals surface area contributed by atoms with E-state index in [9.17, 15) is 14.4 Å². The topological polar surface area (TPSA) is 82.9 Å². The molecule has 0 aliphatic carbocycles. The van der Waals surface area contributed by atoms with E-state index in [0.717, 1.165) is 21.9 Å². The predicted molar refractivity (Wildman–Crippen MR) is 115 cm³/mol. The van der Waals surface area contributed by atoms with Crippen LogP contribution >= 0.6 is 11.8 Å². The van der Waals surface area contributed by atoms with Gasteiger partial charge >= 0.3 is 6.03 Å². The van der Waals surface area contributed by atoms with Gasteiger partial charge in [-0.2, -0.15) is 0 Å². The summed E-state index contributed by atoms with van der Waals surface area (Å²) in [6.45, 7) is 7.57. The van der Waals surface area contributed by atoms with Crippen LogP contribution in [-0.2, 0) is 15.1 Å². The summed E-state index contributed by atoms with van der Waals surface area (Å²) >= 11 is 1.73. The number of benzene rings is 1. The number of imide groups is 1. The number of furan rings is 1. The number of urea groups is 1. The quantitative estimate of drug-likeness (QED) is 0.757. The molecule has 1 aromatic carbocycles. The van der Waals surface area contributed by atoms with Crippen LogP contribution in [0.4, 0.5) is 10.5 Å². The van der Waals surface area contributed by atoms with Crippen LogP contribution in [0, 0.1) is 13.8 Å². The number of aryl methyl sites for hydroxylation is 2. The molecule has 2 aliphatic heterocycles. The van der Waals surface area contributed by atoms with Gasteiger partial charge in [0.05, 0.1) is 5.69 Å². The van der Waals surface area contributed by atoms with E-state index in [0.29, 0.717) is 28.9 Å². The monoisotopic (exact) mass is 427 g/mol. The minimum Gasteiger partial charge on any atom is -0.466 e. The SMILES string of the molecule is Cc1cc(C2(C)NC(=O)N(CC(=O)N3CCC(C)Sc4ccccc43)C2=O)c(C)o1. The molecule has 0 radical (unpaired) electrons. The average Bonchev–Trinajstić information content (AvgIpc) is 3.06. The number of carbonyl (C=O) groups is 3. The van der Waals surface area contributed by atoms with E-state index in [2.05, 4.69) is 12.2 Å².